The third-order valence-electron chi connectivity index (χ3n) is 2.85. The Morgan fingerprint density at radius 3 is 2.45 bits per heavy atom. The van der Waals surface area contributed by atoms with E-state index in [-0.39, 0.29) is 0 Å². The summed E-state index contributed by atoms with van der Waals surface area (Å²) in [5.41, 5.74) is 2.35. The van der Waals surface area contributed by atoms with Crippen molar-refractivity contribution < 1.29 is 9.59 Å². The zero-order valence-corrected chi connectivity index (χ0v) is 11.6. The highest BCUT2D eigenvalue weighted by Gasteiger charge is 2.21. The van der Waals surface area contributed by atoms with Gasteiger partial charge in [0.1, 0.15) is 5.69 Å². The van der Waals surface area contributed by atoms with Crippen LogP contribution in [0.15, 0.2) is 30.3 Å². The lowest BCUT2D eigenvalue weighted by Crippen LogP contribution is -2.38. The zero-order valence-electron chi connectivity index (χ0n) is 11.6. The Labute approximate surface area is 116 Å². The van der Waals surface area contributed by atoms with Crippen LogP contribution < -0.4 is 5.32 Å². The Balaban J connectivity index is 2.35. The van der Waals surface area contributed by atoms with Crippen LogP contribution in [-0.4, -0.2) is 41.1 Å². The number of amides is 3. The second kappa shape index (κ2) is 5.56. The van der Waals surface area contributed by atoms with Gasteiger partial charge in [-0.3, -0.25) is 15.2 Å². The molecule has 2 aromatic rings. The van der Waals surface area contributed by atoms with Gasteiger partial charge in [-0.25, -0.2) is 4.79 Å². The van der Waals surface area contributed by atoms with Gasteiger partial charge in [0.2, 0.25) is 0 Å². The van der Waals surface area contributed by atoms with Crippen molar-refractivity contribution in [2.45, 2.75) is 6.92 Å². The van der Waals surface area contributed by atoms with Crippen molar-refractivity contribution in [1.82, 2.24) is 20.4 Å². The van der Waals surface area contributed by atoms with Crippen molar-refractivity contribution >= 4 is 11.9 Å². The molecule has 2 rings (SSSR count). The SMILES string of the molecule is Cc1[nH]nc(-c2ccccc2)c1C(=O)NC(=O)N(C)C. The number of nitrogens with one attached hydrogen (secondary N) is 2. The van der Waals surface area contributed by atoms with Gasteiger partial charge in [0, 0.05) is 25.4 Å². The molecular weight excluding hydrogens is 256 g/mol. The average Bonchev–Trinajstić information content (AvgIpc) is 2.81. The number of urea groups is 1. The standard InChI is InChI=1S/C14H16N4O2/c1-9-11(13(19)15-14(20)18(2)3)12(17-16-9)10-7-5-4-6-8-10/h4-8H,1-3H3,(H,16,17)(H,15,19,20). The summed E-state index contributed by atoms with van der Waals surface area (Å²) in [6, 6.07) is 8.88. The predicted octanol–water partition coefficient (Wildman–Crippen LogP) is 1.80. The summed E-state index contributed by atoms with van der Waals surface area (Å²) in [5.74, 6) is -0.464. The fourth-order valence-electron chi connectivity index (χ4n) is 1.78. The van der Waals surface area contributed by atoms with E-state index in [2.05, 4.69) is 15.5 Å². The van der Waals surface area contributed by atoms with Crippen LogP contribution in [0.2, 0.25) is 0 Å². The van der Waals surface area contributed by atoms with Crippen molar-refractivity contribution in [3.63, 3.8) is 0 Å². The number of benzene rings is 1. The fourth-order valence-corrected chi connectivity index (χ4v) is 1.78. The van der Waals surface area contributed by atoms with Gasteiger partial charge in [0.15, 0.2) is 0 Å². The van der Waals surface area contributed by atoms with Gasteiger partial charge in [-0.05, 0) is 6.92 Å². The minimum atomic E-state index is -0.464. The van der Waals surface area contributed by atoms with E-state index in [9.17, 15) is 9.59 Å². The third kappa shape index (κ3) is 2.69. The lowest BCUT2D eigenvalue weighted by atomic mass is 10.1. The molecule has 0 saturated carbocycles. The molecular formula is C14H16N4O2. The first-order valence-corrected chi connectivity index (χ1v) is 6.13. The number of hydrogen-bond donors (Lipinski definition) is 2. The highest BCUT2D eigenvalue weighted by molar-refractivity contribution is 6.08. The van der Waals surface area contributed by atoms with Crippen LogP contribution in [0.25, 0.3) is 11.3 Å². The summed E-state index contributed by atoms with van der Waals surface area (Å²) < 4.78 is 0. The Bertz CT molecular complexity index is 632. The Kier molecular flexibility index (Phi) is 3.84. The Hall–Kier alpha value is -2.63. The summed E-state index contributed by atoms with van der Waals surface area (Å²) in [6.07, 6.45) is 0. The molecule has 0 saturated heterocycles. The molecule has 0 fully saturated rings. The molecule has 1 aromatic carbocycles. The quantitative estimate of drug-likeness (QED) is 0.875. The van der Waals surface area contributed by atoms with Crippen LogP contribution in [0.5, 0.6) is 0 Å². The zero-order chi connectivity index (χ0) is 14.7. The molecule has 3 amide bonds. The van der Waals surface area contributed by atoms with E-state index in [0.29, 0.717) is 17.0 Å². The number of carbonyl (C=O) groups is 2. The molecule has 20 heavy (non-hydrogen) atoms. The number of aromatic nitrogens is 2. The summed E-state index contributed by atoms with van der Waals surface area (Å²) >= 11 is 0. The van der Waals surface area contributed by atoms with Gasteiger partial charge >= 0.3 is 6.03 Å². The van der Waals surface area contributed by atoms with Crippen LogP contribution in [0.1, 0.15) is 16.1 Å². The molecule has 0 aliphatic carbocycles. The normalized spacial score (nSPS) is 10.2. The van der Waals surface area contributed by atoms with E-state index in [0.717, 1.165) is 5.56 Å². The lowest BCUT2D eigenvalue weighted by molar-refractivity contribution is 0.0957. The second-order valence-electron chi connectivity index (χ2n) is 4.59. The number of aryl methyl sites for hydroxylation is 1. The maximum atomic E-state index is 12.2. The van der Waals surface area contributed by atoms with E-state index in [1.54, 1.807) is 21.0 Å². The van der Waals surface area contributed by atoms with Crippen molar-refractivity contribution in [1.29, 1.82) is 0 Å². The van der Waals surface area contributed by atoms with Crippen LogP contribution in [0, 0.1) is 6.92 Å². The topological polar surface area (TPSA) is 78.1 Å². The number of carbonyl (C=O) groups excluding carboxylic acids is 2. The second-order valence-corrected chi connectivity index (χ2v) is 4.59. The van der Waals surface area contributed by atoms with Gasteiger partial charge in [0.25, 0.3) is 5.91 Å². The maximum Gasteiger partial charge on any atom is 0.323 e. The summed E-state index contributed by atoms with van der Waals surface area (Å²) in [4.78, 5) is 25.1. The van der Waals surface area contributed by atoms with Gasteiger partial charge in [0.05, 0.1) is 5.56 Å². The van der Waals surface area contributed by atoms with Crippen molar-refractivity contribution in [3.05, 3.63) is 41.6 Å². The Morgan fingerprint density at radius 1 is 1.20 bits per heavy atom. The monoisotopic (exact) mass is 272 g/mol. The fraction of sp³-hybridized carbons (Fsp3) is 0.214. The number of H-pyrrole nitrogens is 1. The third-order valence-corrected chi connectivity index (χ3v) is 2.85. The first-order valence-electron chi connectivity index (χ1n) is 6.13. The van der Waals surface area contributed by atoms with E-state index < -0.39 is 11.9 Å². The van der Waals surface area contributed by atoms with Crippen LogP contribution in [-0.2, 0) is 0 Å². The summed E-state index contributed by atoms with van der Waals surface area (Å²) in [7, 11) is 3.14. The number of hydrogen-bond acceptors (Lipinski definition) is 3. The van der Waals surface area contributed by atoms with Gasteiger partial charge in [-0.2, -0.15) is 5.10 Å². The van der Waals surface area contributed by atoms with Gasteiger partial charge < -0.3 is 4.90 Å². The molecule has 1 heterocycles. The van der Waals surface area contributed by atoms with E-state index >= 15 is 0 Å². The van der Waals surface area contributed by atoms with Gasteiger partial charge in [-0.15, -0.1) is 0 Å². The number of nitrogens with zero attached hydrogens (tertiary/aromatic N) is 2. The molecule has 0 aliphatic heterocycles. The molecule has 1 aromatic heterocycles. The van der Waals surface area contributed by atoms with Crippen molar-refractivity contribution in [2.75, 3.05) is 14.1 Å². The Morgan fingerprint density at radius 2 is 1.85 bits per heavy atom. The smallest absolute Gasteiger partial charge is 0.323 e. The molecule has 104 valence electrons. The van der Waals surface area contributed by atoms with Crippen LogP contribution >= 0.6 is 0 Å². The predicted molar refractivity (Wildman–Crippen MR) is 75.3 cm³/mol. The van der Waals surface area contributed by atoms with Crippen molar-refractivity contribution in [3.8, 4) is 11.3 Å². The summed E-state index contributed by atoms with van der Waals surface area (Å²) in [5, 5.41) is 9.25. The molecule has 0 spiro atoms. The average molecular weight is 272 g/mol. The first kappa shape index (κ1) is 13.8. The minimum Gasteiger partial charge on any atom is -0.331 e. The number of imide groups is 1. The highest BCUT2D eigenvalue weighted by Crippen LogP contribution is 2.23. The largest absolute Gasteiger partial charge is 0.331 e. The lowest BCUT2D eigenvalue weighted by Gasteiger charge is -2.11. The molecule has 6 nitrogen and oxygen atoms in total. The van der Waals surface area contributed by atoms with Crippen molar-refractivity contribution in [2.24, 2.45) is 0 Å². The van der Waals surface area contributed by atoms with Gasteiger partial charge in [-0.1, -0.05) is 30.3 Å². The molecule has 6 heteroatoms. The summed E-state index contributed by atoms with van der Waals surface area (Å²) in [6.45, 7) is 1.74. The molecule has 0 bridgehead atoms. The molecule has 0 aliphatic rings. The van der Waals surface area contributed by atoms with E-state index in [1.165, 1.54) is 4.90 Å². The molecule has 0 radical (unpaired) electrons. The van der Waals surface area contributed by atoms with Crippen LogP contribution in [0.4, 0.5) is 4.79 Å². The number of aromatic amines is 1. The maximum absolute atomic E-state index is 12.2. The van der Waals surface area contributed by atoms with E-state index in [1.807, 2.05) is 30.3 Å². The molecule has 2 N–H and O–H groups in total. The molecule has 0 atom stereocenters. The number of rotatable bonds is 2. The minimum absolute atomic E-state index is 0.381. The first-order chi connectivity index (χ1) is 9.50. The van der Waals surface area contributed by atoms with Crippen LogP contribution in [0.3, 0.4) is 0 Å². The highest BCUT2D eigenvalue weighted by atomic mass is 16.2. The van der Waals surface area contributed by atoms with E-state index in [4.69, 9.17) is 0 Å². The molecule has 0 unspecified atom stereocenters.